The predicted molar refractivity (Wildman–Crippen MR) is 110 cm³/mol. The van der Waals surface area contributed by atoms with Gasteiger partial charge in [-0.2, -0.15) is 0 Å². The maximum absolute atomic E-state index is 5.65. The van der Waals surface area contributed by atoms with E-state index in [2.05, 4.69) is 27.8 Å². The number of halogens is 1. The molecule has 0 spiro atoms. The number of guanidine groups is 1. The fourth-order valence-electron chi connectivity index (χ4n) is 2.57. The molecular formula is C18H30IN3O2. The monoisotopic (exact) mass is 447 g/mol. The first kappa shape index (κ1) is 21.0. The standard InChI is InChI=1S/C18H29N3O2.HI/c1-14(2)23-16-8-6-15(7-9-16)10-11-20-18(19-3)21-13-17-5-4-12-22-17;/h6-9,14,17H,4-5,10-13H2,1-3H3,(H2,19,20,21);1H. The zero-order valence-corrected chi connectivity index (χ0v) is 17.2. The van der Waals surface area contributed by atoms with E-state index < -0.39 is 0 Å². The molecule has 1 aromatic carbocycles. The van der Waals surface area contributed by atoms with Gasteiger partial charge in [0.1, 0.15) is 5.75 Å². The van der Waals surface area contributed by atoms with Gasteiger partial charge in [-0.15, -0.1) is 24.0 Å². The van der Waals surface area contributed by atoms with E-state index in [1.165, 1.54) is 5.56 Å². The molecule has 0 aliphatic carbocycles. The highest BCUT2D eigenvalue weighted by Crippen LogP contribution is 2.14. The Bertz CT molecular complexity index is 486. The zero-order chi connectivity index (χ0) is 16.5. The Hall–Kier alpha value is -1.02. The van der Waals surface area contributed by atoms with E-state index in [-0.39, 0.29) is 30.1 Å². The van der Waals surface area contributed by atoms with Gasteiger partial charge in [-0.3, -0.25) is 4.99 Å². The van der Waals surface area contributed by atoms with E-state index in [0.29, 0.717) is 6.10 Å². The highest BCUT2D eigenvalue weighted by molar-refractivity contribution is 14.0. The van der Waals surface area contributed by atoms with Crippen LogP contribution in [0.25, 0.3) is 0 Å². The average Bonchev–Trinajstić information content (AvgIpc) is 3.05. The fraction of sp³-hybridized carbons (Fsp3) is 0.611. The summed E-state index contributed by atoms with van der Waals surface area (Å²) in [5.74, 6) is 1.76. The van der Waals surface area contributed by atoms with E-state index in [0.717, 1.165) is 50.7 Å². The van der Waals surface area contributed by atoms with Gasteiger partial charge in [0.15, 0.2) is 5.96 Å². The van der Waals surface area contributed by atoms with Crippen LogP contribution in [0.1, 0.15) is 32.3 Å². The summed E-state index contributed by atoms with van der Waals surface area (Å²) in [6, 6.07) is 8.28. The van der Waals surface area contributed by atoms with Gasteiger partial charge < -0.3 is 20.1 Å². The number of nitrogens with zero attached hydrogens (tertiary/aromatic N) is 1. The lowest BCUT2D eigenvalue weighted by atomic mass is 10.1. The third-order valence-electron chi connectivity index (χ3n) is 3.75. The summed E-state index contributed by atoms with van der Waals surface area (Å²) in [5, 5.41) is 6.66. The van der Waals surface area contributed by atoms with Crippen LogP contribution in [0, 0.1) is 0 Å². The summed E-state index contributed by atoms with van der Waals surface area (Å²) < 4.78 is 11.3. The molecule has 5 nitrogen and oxygen atoms in total. The van der Waals surface area contributed by atoms with Crippen LogP contribution >= 0.6 is 24.0 Å². The topological polar surface area (TPSA) is 54.9 Å². The molecule has 6 heteroatoms. The normalized spacial score (nSPS) is 17.5. The molecule has 1 saturated heterocycles. The molecule has 0 bridgehead atoms. The molecule has 1 heterocycles. The molecule has 2 N–H and O–H groups in total. The van der Waals surface area contributed by atoms with Gasteiger partial charge in [0.25, 0.3) is 0 Å². The molecule has 1 fully saturated rings. The van der Waals surface area contributed by atoms with E-state index in [1.807, 2.05) is 26.0 Å². The molecule has 1 aromatic rings. The quantitative estimate of drug-likeness (QED) is 0.384. The predicted octanol–water partition coefficient (Wildman–Crippen LogP) is 2.98. The van der Waals surface area contributed by atoms with Gasteiger partial charge in [-0.05, 0) is 50.8 Å². The zero-order valence-electron chi connectivity index (χ0n) is 14.9. The van der Waals surface area contributed by atoms with Crippen molar-refractivity contribution in [2.24, 2.45) is 4.99 Å². The highest BCUT2D eigenvalue weighted by Gasteiger charge is 2.15. The SMILES string of the molecule is CN=C(NCCc1ccc(OC(C)C)cc1)NCC1CCCO1.I. The molecule has 2 rings (SSSR count). The Labute approximate surface area is 162 Å². The van der Waals surface area contributed by atoms with Crippen molar-refractivity contribution < 1.29 is 9.47 Å². The lowest BCUT2D eigenvalue weighted by molar-refractivity contribution is 0.114. The summed E-state index contributed by atoms with van der Waals surface area (Å²) in [4.78, 5) is 4.25. The van der Waals surface area contributed by atoms with Gasteiger partial charge in [0, 0.05) is 26.7 Å². The summed E-state index contributed by atoms with van der Waals surface area (Å²) in [7, 11) is 1.79. The van der Waals surface area contributed by atoms with Gasteiger partial charge in [-0.1, -0.05) is 12.1 Å². The summed E-state index contributed by atoms with van der Waals surface area (Å²) in [6.45, 7) is 6.62. The molecule has 1 unspecified atom stereocenters. The van der Waals surface area contributed by atoms with Gasteiger partial charge in [0.2, 0.25) is 0 Å². The third kappa shape index (κ3) is 7.70. The summed E-state index contributed by atoms with van der Waals surface area (Å²) >= 11 is 0. The van der Waals surface area contributed by atoms with Crippen LogP contribution < -0.4 is 15.4 Å². The van der Waals surface area contributed by atoms with Crippen molar-refractivity contribution in [3.05, 3.63) is 29.8 Å². The van der Waals surface area contributed by atoms with Crippen LogP contribution in [-0.2, 0) is 11.2 Å². The number of ether oxygens (including phenoxy) is 2. The first-order valence-corrected chi connectivity index (χ1v) is 8.49. The maximum atomic E-state index is 5.65. The highest BCUT2D eigenvalue weighted by atomic mass is 127. The van der Waals surface area contributed by atoms with Crippen molar-refractivity contribution in [1.29, 1.82) is 0 Å². The van der Waals surface area contributed by atoms with Gasteiger partial charge in [0.05, 0.1) is 12.2 Å². The third-order valence-corrected chi connectivity index (χ3v) is 3.75. The van der Waals surface area contributed by atoms with Crippen molar-refractivity contribution in [2.45, 2.75) is 45.3 Å². The van der Waals surface area contributed by atoms with Crippen molar-refractivity contribution in [1.82, 2.24) is 10.6 Å². The largest absolute Gasteiger partial charge is 0.491 e. The minimum Gasteiger partial charge on any atom is -0.491 e. The van der Waals surface area contributed by atoms with Crippen molar-refractivity contribution in [3.8, 4) is 5.75 Å². The van der Waals surface area contributed by atoms with Crippen LogP contribution in [0.3, 0.4) is 0 Å². The minimum absolute atomic E-state index is 0. The molecule has 1 aliphatic heterocycles. The molecule has 0 saturated carbocycles. The molecule has 136 valence electrons. The summed E-state index contributed by atoms with van der Waals surface area (Å²) in [5.41, 5.74) is 1.28. The first-order chi connectivity index (χ1) is 11.2. The minimum atomic E-state index is 0. The van der Waals surface area contributed by atoms with Crippen LogP contribution in [0.2, 0.25) is 0 Å². The van der Waals surface area contributed by atoms with Gasteiger partial charge >= 0.3 is 0 Å². The smallest absolute Gasteiger partial charge is 0.191 e. The van der Waals surface area contributed by atoms with E-state index in [9.17, 15) is 0 Å². The van der Waals surface area contributed by atoms with Crippen molar-refractivity contribution in [2.75, 3.05) is 26.7 Å². The molecule has 0 aromatic heterocycles. The lowest BCUT2D eigenvalue weighted by Gasteiger charge is -2.15. The lowest BCUT2D eigenvalue weighted by Crippen LogP contribution is -2.41. The van der Waals surface area contributed by atoms with E-state index in [4.69, 9.17) is 9.47 Å². The second-order valence-corrected chi connectivity index (χ2v) is 6.08. The van der Waals surface area contributed by atoms with E-state index >= 15 is 0 Å². The van der Waals surface area contributed by atoms with Crippen LogP contribution in [0.15, 0.2) is 29.3 Å². The molecule has 1 aliphatic rings. The molecule has 0 amide bonds. The Kier molecular flexibility index (Phi) is 10.1. The number of nitrogens with one attached hydrogen (secondary N) is 2. The number of hydrogen-bond donors (Lipinski definition) is 2. The summed E-state index contributed by atoms with van der Waals surface area (Å²) in [6.07, 6.45) is 3.77. The second-order valence-electron chi connectivity index (χ2n) is 6.08. The van der Waals surface area contributed by atoms with Crippen LogP contribution in [-0.4, -0.2) is 44.9 Å². The Morgan fingerprint density at radius 3 is 2.62 bits per heavy atom. The number of benzene rings is 1. The fourth-order valence-corrected chi connectivity index (χ4v) is 2.57. The van der Waals surface area contributed by atoms with E-state index in [1.54, 1.807) is 7.05 Å². The van der Waals surface area contributed by atoms with Crippen LogP contribution in [0.4, 0.5) is 0 Å². The van der Waals surface area contributed by atoms with Gasteiger partial charge in [-0.25, -0.2) is 0 Å². The molecule has 24 heavy (non-hydrogen) atoms. The molecule has 0 radical (unpaired) electrons. The number of aliphatic imine (C=N–C) groups is 1. The second kappa shape index (κ2) is 11.5. The number of hydrogen-bond acceptors (Lipinski definition) is 3. The maximum Gasteiger partial charge on any atom is 0.191 e. The Balaban J connectivity index is 0.00000288. The molecule has 1 atom stereocenters. The average molecular weight is 447 g/mol. The van der Waals surface area contributed by atoms with Crippen molar-refractivity contribution >= 4 is 29.9 Å². The van der Waals surface area contributed by atoms with Crippen LogP contribution in [0.5, 0.6) is 5.75 Å². The van der Waals surface area contributed by atoms with Crippen molar-refractivity contribution in [3.63, 3.8) is 0 Å². The first-order valence-electron chi connectivity index (χ1n) is 8.49. The molecular weight excluding hydrogens is 417 g/mol. The Morgan fingerprint density at radius 2 is 2.04 bits per heavy atom. The Morgan fingerprint density at radius 1 is 1.29 bits per heavy atom. The number of rotatable bonds is 7.